The number of halogens is 4. The van der Waals surface area contributed by atoms with Crippen LogP contribution >= 0.6 is 39.1 Å². The van der Waals surface area contributed by atoms with Crippen LogP contribution in [-0.2, 0) is 0 Å². The third kappa shape index (κ3) is 2.82. The molecule has 0 atom stereocenters. The summed E-state index contributed by atoms with van der Waals surface area (Å²) in [6, 6.07) is 3.40. The molecule has 0 fully saturated rings. The van der Waals surface area contributed by atoms with Crippen molar-refractivity contribution in [1.82, 2.24) is 9.78 Å². The van der Waals surface area contributed by atoms with Crippen molar-refractivity contribution in [3.63, 3.8) is 0 Å². The van der Waals surface area contributed by atoms with Crippen molar-refractivity contribution in [2.75, 3.05) is 0 Å². The third-order valence-corrected chi connectivity index (χ3v) is 3.69. The Hall–Kier alpha value is -1.10. The van der Waals surface area contributed by atoms with Crippen LogP contribution in [0.5, 0.6) is 0 Å². The van der Waals surface area contributed by atoms with E-state index in [1.807, 2.05) is 0 Å². The Bertz CT molecular complexity index is 684. The van der Waals surface area contributed by atoms with E-state index in [1.54, 1.807) is 25.3 Å². The SMILES string of the molecule is C=Cc1cn(-c2c(Cl)cc(Br)cc2Cl)nc1/C(F)=C\C. The fourth-order valence-electron chi connectivity index (χ4n) is 1.73. The van der Waals surface area contributed by atoms with Gasteiger partial charge in [-0.05, 0) is 25.1 Å². The number of allylic oxidation sites excluding steroid dienone is 1. The molecule has 0 saturated carbocycles. The predicted molar refractivity (Wildman–Crippen MR) is 86.1 cm³/mol. The minimum Gasteiger partial charge on any atom is -0.237 e. The van der Waals surface area contributed by atoms with E-state index in [0.717, 1.165) is 4.47 Å². The molecular weight excluding hydrogens is 366 g/mol. The molecule has 1 aromatic carbocycles. The molecule has 104 valence electrons. The first kappa shape index (κ1) is 15.3. The highest BCUT2D eigenvalue weighted by atomic mass is 79.9. The van der Waals surface area contributed by atoms with Gasteiger partial charge in [-0.2, -0.15) is 5.10 Å². The molecule has 0 aliphatic heterocycles. The van der Waals surface area contributed by atoms with Crippen LogP contribution in [0.25, 0.3) is 17.6 Å². The summed E-state index contributed by atoms with van der Waals surface area (Å²) < 4.78 is 16.0. The van der Waals surface area contributed by atoms with E-state index in [-0.39, 0.29) is 5.69 Å². The van der Waals surface area contributed by atoms with E-state index < -0.39 is 5.83 Å². The topological polar surface area (TPSA) is 17.8 Å². The van der Waals surface area contributed by atoms with Gasteiger partial charge < -0.3 is 0 Å². The number of benzene rings is 1. The summed E-state index contributed by atoms with van der Waals surface area (Å²) in [4.78, 5) is 0. The molecule has 0 aliphatic rings. The van der Waals surface area contributed by atoms with Crippen molar-refractivity contribution >= 4 is 51.0 Å². The van der Waals surface area contributed by atoms with E-state index in [1.165, 1.54) is 16.8 Å². The Labute approximate surface area is 134 Å². The minimum atomic E-state index is -0.428. The normalized spacial score (nSPS) is 11.8. The molecule has 0 saturated heterocycles. The van der Waals surface area contributed by atoms with Crippen LogP contribution in [0.3, 0.4) is 0 Å². The lowest BCUT2D eigenvalue weighted by atomic mass is 10.2. The van der Waals surface area contributed by atoms with Gasteiger partial charge in [0.15, 0.2) is 0 Å². The Morgan fingerprint density at radius 3 is 2.50 bits per heavy atom. The van der Waals surface area contributed by atoms with Crippen molar-refractivity contribution in [3.05, 3.63) is 56.8 Å². The van der Waals surface area contributed by atoms with E-state index in [0.29, 0.717) is 21.3 Å². The monoisotopic (exact) mass is 374 g/mol. The molecule has 20 heavy (non-hydrogen) atoms. The largest absolute Gasteiger partial charge is 0.237 e. The molecule has 0 unspecified atom stereocenters. The second-order valence-electron chi connectivity index (χ2n) is 3.94. The first-order valence-electron chi connectivity index (χ1n) is 5.67. The van der Waals surface area contributed by atoms with Crippen LogP contribution in [0.2, 0.25) is 10.0 Å². The lowest BCUT2D eigenvalue weighted by molar-refractivity contribution is 0.741. The maximum Gasteiger partial charge on any atom is 0.147 e. The van der Waals surface area contributed by atoms with Crippen molar-refractivity contribution in [2.24, 2.45) is 0 Å². The van der Waals surface area contributed by atoms with Crippen LogP contribution in [0.1, 0.15) is 18.2 Å². The summed E-state index contributed by atoms with van der Waals surface area (Å²) in [5, 5.41) is 5.02. The highest BCUT2D eigenvalue weighted by Crippen LogP contribution is 2.33. The first-order valence-corrected chi connectivity index (χ1v) is 7.22. The van der Waals surface area contributed by atoms with E-state index >= 15 is 0 Å². The van der Waals surface area contributed by atoms with Crippen LogP contribution in [0, 0.1) is 0 Å². The minimum absolute atomic E-state index is 0.206. The quantitative estimate of drug-likeness (QED) is 0.651. The van der Waals surface area contributed by atoms with Gasteiger partial charge in [0.2, 0.25) is 0 Å². The van der Waals surface area contributed by atoms with Crippen molar-refractivity contribution in [3.8, 4) is 5.69 Å². The molecule has 2 nitrogen and oxygen atoms in total. The number of hydrogen-bond donors (Lipinski definition) is 0. The van der Waals surface area contributed by atoms with Gasteiger partial charge in [0.1, 0.15) is 17.2 Å². The molecule has 0 radical (unpaired) electrons. The zero-order valence-electron chi connectivity index (χ0n) is 10.5. The van der Waals surface area contributed by atoms with Crippen molar-refractivity contribution in [1.29, 1.82) is 0 Å². The molecular formula is C14H10BrCl2FN2. The Morgan fingerprint density at radius 1 is 1.40 bits per heavy atom. The van der Waals surface area contributed by atoms with Gasteiger partial charge >= 0.3 is 0 Å². The summed E-state index contributed by atoms with van der Waals surface area (Å²) in [6.07, 6.45) is 4.50. The smallest absolute Gasteiger partial charge is 0.147 e. The maximum absolute atomic E-state index is 13.8. The average molecular weight is 376 g/mol. The molecule has 1 heterocycles. The molecule has 0 N–H and O–H groups in total. The molecule has 0 aliphatic carbocycles. The first-order chi connectivity index (χ1) is 9.47. The van der Waals surface area contributed by atoms with E-state index in [4.69, 9.17) is 23.2 Å². The number of aromatic nitrogens is 2. The molecule has 0 spiro atoms. The molecule has 2 rings (SSSR count). The molecule has 1 aromatic heterocycles. The second-order valence-corrected chi connectivity index (χ2v) is 5.67. The van der Waals surface area contributed by atoms with Gasteiger partial charge in [0, 0.05) is 16.2 Å². The molecule has 0 amide bonds. The van der Waals surface area contributed by atoms with Gasteiger partial charge in [-0.1, -0.05) is 51.8 Å². The fourth-order valence-corrected chi connectivity index (χ4v) is 3.11. The summed E-state index contributed by atoms with van der Waals surface area (Å²) >= 11 is 15.7. The molecule has 2 aromatic rings. The summed E-state index contributed by atoms with van der Waals surface area (Å²) in [6.45, 7) is 5.25. The summed E-state index contributed by atoms with van der Waals surface area (Å²) in [5.41, 5.74) is 1.27. The summed E-state index contributed by atoms with van der Waals surface area (Å²) in [7, 11) is 0. The number of rotatable bonds is 3. The van der Waals surface area contributed by atoms with Crippen LogP contribution in [0.4, 0.5) is 4.39 Å². The van der Waals surface area contributed by atoms with Gasteiger partial charge in [-0.25, -0.2) is 9.07 Å². The van der Waals surface area contributed by atoms with Gasteiger partial charge in [-0.15, -0.1) is 0 Å². The lowest BCUT2D eigenvalue weighted by Crippen LogP contribution is -1.98. The highest BCUT2D eigenvalue weighted by molar-refractivity contribution is 9.10. The van der Waals surface area contributed by atoms with Crippen molar-refractivity contribution < 1.29 is 4.39 Å². The lowest BCUT2D eigenvalue weighted by Gasteiger charge is -2.07. The van der Waals surface area contributed by atoms with Gasteiger partial charge in [-0.3, -0.25) is 0 Å². The third-order valence-electron chi connectivity index (χ3n) is 2.65. The Balaban J connectivity index is 2.66. The Morgan fingerprint density at radius 2 is 2.00 bits per heavy atom. The maximum atomic E-state index is 13.8. The van der Waals surface area contributed by atoms with Gasteiger partial charge in [0.05, 0.1) is 10.0 Å². The fraction of sp³-hybridized carbons (Fsp3) is 0.0714. The molecule has 0 bridgehead atoms. The summed E-state index contributed by atoms with van der Waals surface area (Å²) in [5.74, 6) is -0.428. The second kappa shape index (κ2) is 6.12. The number of hydrogen-bond acceptors (Lipinski definition) is 1. The Kier molecular flexibility index (Phi) is 4.68. The average Bonchev–Trinajstić information content (AvgIpc) is 2.80. The van der Waals surface area contributed by atoms with Crippen LogP contribution in [-0.4, -0.2) is 9.78 Å². The standard InChI is InChI=1S/C14H10BrCl2FN2/c1-3-8-7-20(19-13(8)12(18)4-2)14-10(16)5-9(15)6-11(14)17/h3-7H,1H2,2H3/b12-4+. The zero-order valence-corrected chi connectivity index (χ0v) is 13.6. The van der Waals surface area contributed by atoms with Gasteiger partial charge in [0.25, 0.3) is 0 Å². The molecule has 6 heteroatoms. The van der Waals surface area contributed by atoms with E-state index in [9.17, 15) is 4.39 Å². The van der Waals surface area contributed by atoms with Crippen LogP contribution < -0.4 is 0 Å². The highest BCUT2D eigenvalue weighted by Gasteiger charge is 2.16. The zero-order chi connectivity index (χ0) is 14.9. The number of nitrogens with zero attached hydrogens (tertiary/aromatic N) is 2. The van der Waals surface area contributed by atoms with Crippen molar-refractivity contribution in [2.45, 2.75) is 6.92 Å². The van der Waals surface area contributed by atoms with Crippen LogP contribution in [0.15, 0.2) is 35.5 Å². The predicted octanol–water partition coefficient (Wildman–Crippen LogP) is 5.91. The van der Waals surface area contributed by atoms with E-state index in [2.05, 4.69) is 27.6 Å².